The normalized spacial score (nSPS) is 34.4. The maximum absolute atomic E-state index is 13.9. The predicted molar refractivity (Wildman–Crippen MR) is 149 cm³/mol. The zero-order valence-corrected chi connectivity index (χ0v) is 23.8. The average Bonchev–Trinajstić information content (AvgIpc) is 3.55. The molecule has 0 radical (unpaired) electrons. The average molecular weight is 507 g/mol. The molecule has 6 unspecified atom stereocenters. The van der Waals surface area contributed by atoms with Crippen LogP contribution < -0.4 is 0 Å². The Bertz CT molecular complexity index is 974. The number of hydrogen-bond acceptors (Lipinski definition) is 4. The smallest absolute Gasteiger partial charge is 0.335 e. The van der Waals surface area contributed by atoms with Gasteiger partial charge in [-0.05, 0) is 92.9 Å². The third-order valence-electron chi connectivity index (χ3n) is 9.55. The molecule has 202 valence electrons. The molecule has 0 aliphatic heterocycles. The second-order valence-electron chi connectivity index (χ2n) is 11.3. The molecule has 4 rings (SSSR count). The number of hydrogen-bond donors (Lipinski definition) is 0. The number of carbonyl (C=O) groups excluding carboxylic acids is 2. The monoisotopic (exact) mass is 506 g/mol. The standard InChI is InChI=1S/C33H46O4/c1-7-22-13-17-26(9-3)32(11-5,20-22)36-30(34)28-24-15-16-25(19-24)29(28)31(35)37-33(12-6)21-23(8-2)14-18-27(33)10-4/h13-14,17-18,20-21,24-27H,7-12,15-16,19H2,1-6H3. The van der Waals surface area contributed by atoms with Gasteiger partial charge in [-0.15, -0.1) is 0 Å². The number of carbonyl (C=O) groups is 2. The van der Waals surface area contributed by atoms with Crippen molar-refractivity contribution in [3.05, 3.63) is 58.7 Å². The van der Waals surface area contributed by atoms with Crippen molar-refractivity contribution in [2.75, 3.05) is 0 Å². The molecule has 0 heterocycles. The lowest BCUT2D eigenvalue weighted by molar-refractivity contribution is -0.158. The topological polar surface area (TPSA) is 52.6 Å². The molecule has 4 aliphatic carbocycles. The van der Waals surface area contributed by atoms with Crippen molar-refractivity contribution in [3.63, 3.8) is 0 Å². The Balaban J connectivity index is 1.67. The van der Waals surface area contributed by atoms with Gasteiger partial charge in [-0.3, -0.25) is 0 Å². The fourth-order valence-corrected chi connectivity index (χ4v) is 7.18. The second-order valence-corrected chi connectivity index (χ2v) is 11.3. The third-order valence-corrected chi connectivity index (χ3v) is 9.55. The van der Waals surface area contributed by atoms with E-state index in [2.05, 4.69) is 78.0 Å². The molecule has 0 aromatic heterocycles. The Morgan fingerprint density at radius 1 is 0.730 bits per heavy atom. The SMILES string of the molecule is CCC1=CC(CC)(OC(=O)C2=C(C(=O)OC3(CC)C=C(CC)C=CC3CC)C3CCC2C3)C(CC)C=C1. The van der Waals surface area contributed by atoms with Crippen LogP contribution in [0.4, 0.5) is 0 Å². The van der Waals surface area contributed by atoms with Crippen LogP contribution in [0.5, 0.6) is 0 Å². The summed E-state index contributed by atoms with van der Waals surface area (Å²) in [5.41, 5.74) is 2.24. The number of esters is 2. The van der Waals surface area contributed by atoms with Crippen molar-refractivity contribution >= 4 is 11.9 Å². The Morgan fingerprint density at radius 3 is 1.46 bits per heavy atom. The van der Waals surface area contributed by atoms with E-state index in [1.165, 1.54) is 11.1 Å². The van der Waals surface area contributed by atoms with Crippen LogP contribution in [-0.2, 0) is 19.1 Å². The zero-order chi connectivity index (χ0) is 26.8. The summed E-state index contributed by atoms with van der Waals surface area (Å²) in [5, 5.41) is 0. The summed E-state index contributed by atoms with van der Waals surface area (Å²) in [6.07, 6.45) is 20.8. The largest absolute Gasteiger partial charge is 0.451 e. The first-order chi connectivity index (χ1) is 17.8. The minimum absolute atomic E-state index is 0.0929. The van der Waals surface area contributed by atoms with Crippen LogP contribution in [0.1, 0.15) is 99.3 Å². The Morgan fingerprint density at radius 2 is 1.14 bits per heavy atom. The fraction of sp³-hybridized carbons (Fsp3) is 0.636. The lowest BCUT2D eigenvalue weighted by atomic mass is 9.77. The minimum Gasteiger partial charge on any atom is -0.451 e. The van der Waals surface area contributed by atoms with Crippen molar-refractivity contribution in [2.24, 2.45) is 23.7 Å². The Labute approximate surface area is 223 Å². The van der Waals surface area contributed by atoms with Gasteiger partial charge in [0.15, 0.2) is 0 Å². The van der Waals surface area contributed by atoms with Gasteiger partial charge < -0.3 is 9.47 Å². The van der Waals surface area contributed by atoms with E-state index in [9.17, 15) is 9.59 Å². The molecular weight excluding hydrogens is 460 g/mol. The van der Waals surface area contributed by atoms with E-state index in [1.807, 2.05) is 0 Å². The third kappa shape index (κ3) is 4.93. The maximum Gasteiger partial charge on any atom is 0.335 e. The highest BCUT2D eigenvalue weighted by Gasteiger charge is 2.50. The molecule has 6 atom stereocenters. The van der Waals surface area contributed by atoms with Crippen LogP contribution in [-0.4, -0.2) is 23.1 Å². The van der Waals surface area contributed by atoms with Crippen LogP contribution in [0.15, 0.2) is 58.7 Å². The summed E-state index contributed by atoms with van der Waals surface area (Å²) in [6.45, 7) is 12.7. The number of allylic oxidation sites excluding steroid dienone is 4. The molecule has 0 amide bonds. The van der Waals surface area contributed by atoms with Crippen molar-refractivity contribution < 1.29 is 19.1 Å². The molecule has 4 aliphatic rings. The van der Waals surface area contributed by atoms with Crippen LogP contribution in [0.2, 0.25) is 0 Å². The van der Waals surface area contributed by atoms with Gasteiger partial charge in [0.25, 0.3) is 0 Å². The summed E-state index contributed by atoms with van der Waals surface area (Å²) in [6, 6.07) is 0. The van der Waals surface area contributed by atoms with Gasteiger partial charge in [0.1, 0.15) is 11.2 Å². The quantitative estimate of drug-likeness (QED) is 0.282. The Hall–Kier alpha value is -2.36. The summed E-state index contributed by atoms with van der Waals surface area (Å²) >= 11 is 0. The van der Waals surface area contributed by atoms with Gasteiger partial charge in [-0.2, -0.15) is 0 Å². The fourth-order valence-electron chi connectivity index (χ4n) is 7.18. The molecule has 4 heteroatoms. The minimum atomic E-state index is -0.666. The van der Waals surface area contributed by atoms with Gasteiger partial charge in [0.2, 0.25) is 0 Å². The van der Waals surface area contributed by atoms with Gasteiger partial charge in [0, 0.05) is 11.8 Å². The van der Waals surface area contributed by atoms with Crippen LogP contribution in [0.3, 0.4) is 0 Å². The van der Waals surface area contributed by atoms with E-state index in [-0.39, 0.29) is 35.6 Å². The molecule has 2 bridgehead atoms. The second kappa shape index (κ2) is 11.2. The molecule has 0 aromatic rings. The number of rotatable bonds is 10. The van der Waals surface area contributed by atoms with Crippen molar-refractivity contribution in [2.45, 2.75) is 111 Å². The highest BCUT2D eigenvalue weighted by Crippen LogP contribution is 2.51. The van der Waals surface area contributed by atoms with Crippen molar-refractivity contribution in [1.29, 1.82) is 0 Å². The van der Waals surface area contributed by atoms with E-state index in [0.717, 1.165) is 44.9 Å². The van der Waals surface area contributed by atoms with Gasteiger partial charge in [-0.1, -0.05) is 65.8 Å². The molecule has 0 N–H and O–H groups in total. The van der Waals surface area contributed by atoms with E-state index in [1.54, 1.807) is 0 Å². The summed E-state index contributed by atoms with van der Waals surface area (Å²) in [7, 11) is 0. The van der Waals surface area contributed by atoms with Gasteiger partial charge >= 0.3 is 11.9 Å². The highest BCUT2D eigenvalue weighted by atomic mass is 16.6. The molecule has 0 saturated heterocycles. The first-order valence-corrected chi connectivity index (χ1v) is 14.8. The molecule has 4 nitrogen and oxygen atoms in total. The van der Waals surface area contributed by atoms with Gasteiger partial charge in [0.05, 0.1) is 11.1 Å². The molecule has 37 heavy (non-hydrogen) atoms. The number of ether oxygens (including phenoxy) is 2. The van der Waals surface area contributed by atoms with E-state index in [0.29, 0.717) is 24.0 Å². The molecule has 0 spiro atoms. The van der Waals surface area contributed by atoms with E-state index < -0.39 is 11.2 Å². The molecular formula is C33H46O4. The first-order valence-electron chi connectivity index (χ1n) is 14.8. The molecule has 1 saturated carbocycles. The van der Waals surface area contributed by atoms with E-state index in [4.69, 9.17) is 9.47 Å². The lowest BCUT2D eigenvalue weighted by Gasteiger charge is -2.40. The van der Waals surface area contributed by atoms with Crippen molar-refractivity contribution in [3.8, 4) is 0 Å². The highest BCUT2D eigenvalue weighted by molar-refractivity contribution is 6.03. The van der Waals surface area contributed by atoms with Crippen LogP contribution >= 0.6 is 0 Å². The van der Waals surface area contributed by atoms with E-state index >= 15 is 0 Å². The lowest BCUT2D eigenvalue weighted by Crippen LogP contribution is -2.43. The van der Waals surface area contributed by atoms with Crippen molar-refractivity contribution in [1.82, 2.24) is 0 Å². The molecule has 0 aromatic carbocycles. The Kier molecular flexibility index (Phi) is 8.35. The number of fused-ring (bicyclic) bond motifs is 2. The first kappa shape index (κ1) is 27.7. The van der Waals surface area contributed by atoms with Crippen LogP contribution in [0, 0.1) is 23.7 Å². The zero-order valence-electron chi connectivity index (χ0n) is 23.8. The van der Waals surface area contributed by atoms with Gasteiger partial charge in [-0.25, -0.2) is 9.59 Å². The molecule has 1 fully saturated rings. The summed E-state index contributed by atoms with van der Waals surface area (Å²) < 4.78 is 12.9. The van der Waals surface area contributed by atoms with Crippen LogP contribution in [0.25, 0.3) is 0 Å². The maximum atomic E-state index is 13.9. The predicted octanol–water partition coefficient (Wildman–Crippen LogP) is 7.96. The summed E-state index contributed by atoms with van der Waals surface area (Å²) in [5.74, 6) is -0.177. The summed E-state index contributed by atoms with van der Waals surface area (Å²) in [4.78, 5) is 27.9.